The summed E-state index contributed by atoms with van der Waals surface area (Å²) >= 11 is 0. The monoisotopic (exact) mass is 507 g/mol. The van der Waals surface area contributed by atoms with Crippen molar-refractivity contribution < 1.29 is 13.5 Å². The van der Waals surface area contributed by atoms with Gasteiger partial charge in [-0.1, -0.05) is 0 Å². The molecule has 37 heavy (non-hydrogen) atoms. The lowest BCUT2D eigenvalue weighted by Gasteiger charge is -2.36. The van der Waals surface area contributed by atoms with E-state index in [1.165, 1.54) is 10.6 Å². The summed E-state index contributed by atoms with van der Waals surface area (Å²) in [6.07, 6.45) is 2.66. The van der Waals surface area contributed by atoms with Crippen molar-refractivity contribution in [2.45, 2.75) is 12.5 Å². The molecule has 4 N–H and O–H groups in total. The van der Waals surface area contributed by atoms with E-state index in [4.69, 9.17) is 14.9 Å². The first-order valence-corrected chi connectivity index (χ1v) is 12.6. The Kier molecular flexibility index (Phi) is 6.49. The second-order valence-corrected chi connectivity index (χ2v) is 9.28. The summed E-state index contributed by atoms with van der Waals surface area (Å²) in [6.45, 7) is 6.41. The molecule has 0 radical (unpaired) electrons. The van der Waals surface area contributed by atoms with Crippen molar-refractivity contribution in [3.63, 3.8) is 0 Å². The molecule has 0 amide bonds. The Morgan fingerprint density at radius 1 is 1.16 bits per heavy atom. The van der Waals surface area contributed by atoms with E-state index in [-0.39, 0.29) is 17.9 Å². The van der Waals surface area contributed by atoms with Crippen LogP contribution in [0.15, 0.2) is 47.1 Å². The minimum absolute atomic E-state index is 0.116. The zero-order valence-electron chi connectivity index (χ0n) is 20.4. The standard InChI is InChI=1S/C25H30FN9O2/c26-19-14-17(37-18-5-6-28-16-18)3-4-21(19)34-11-9-33(10-12-34)8-7-29-25-30-23-15-20(22-2-1-13-36-22)32-35(23)24(27)31-25/h1-4,13-15,18,28H,5-12,16H2,(H3,27,29,30,31). The summed E-state index contributed by atoms with van der Waals surface area (Å²) in [7, 11) is 0. The van der Waals surface area contributed by atoms with Gasteiger partial charge in [0.1, 0.15) is 23.4 Å². The zero-order chi connectivity index (χ0) is 25.2. The Hall–Kier alpha value is -3.90. The molecule has 3 aromatic heterocycles. The van der Waals surface area contributed by atoms with Crippen LogP contribution < -0.4 is 26.0 Å². The molecular weight excluding hydrogens is 477 g/mol. The molecule has 0 spiro atoms. The summed E-state index contributed by atoms with van der Waals surface area (Å²) in [6, 6.07) is 10.6. The van der Waals surface area contributed by atoms with Gasteiger partial charge in [0.2, 0.25) is 11.9 Å². The van der Waals surface area contributed by atoms with Gasteiger partial charge in [-0.3, -0.25) is 4.90 Å². The van der Waals surface area contributed by atoms with E-state index in [2.05, 4.69) is 35.5 Å². The third-order valence-electron chi connectivity index (χ3n) is 6.78. The minimum Gasteiger partial charge on any atom is -0.489 e. The van der Waals surface area contributed by atoms with Gasteiger partial charge in [0.15, 0.2) is 11.4 Å². The van der Waals surface area contributed by atoms with E-state index in [0.29, 0.717) is 41.0 Å². The molecule has 2 fully saturated rings. The molecule has 1 unspecified atom stereocenters. The molecule has 11 nitrogen and oxygen atoms in total. The number of hydrogen-bond acceptors (Lipinski definition) is 10. The van der Waals surface area contributed by atoms with Gasteiger partial charge in [0, 0.05) is 57.9 Å². The Labute approximate surface area is 213 Å². The number of fused-ring (bicyclic) bond motifs is 1. The number of anilines is 3. The molecule has 12 heteroatoms. The van der Waals surface area contributed by atoms with Gasteiger partial charge < -0.3 is 30.4 Å². The third-order valence-corrected chi connectivity index (χ3v) is 6.78. The molecule has 6 rings (SSSR count). The molecule has 1 aromatic carbocycles. The van der Waals surface area contributed by atoms with Crippen LogP contribution >= 0.6 is 0 Å². The summed E-state index contributed by atoms with van der Waals surface area (Å²) in [5.74, 6) is 1.70. The molecule has 2 aliphatic rings. The van der Waals surface area contributed by atoms with Crippen molar-refractivity contribution in [3.8, 4) is 17.2 Å². The maximum atomic E-state index is 14.8. The highest BCUT2D eigenvalue weighted by Gasteiger charge is 2.21. The fraction of sp³-hybridized carbons (Fsp3) is 0.400. The highest BCUT2D eigenvalue weighted by atomic mass is 19.1. The van der Waals surface area contributed by atoms with Gasteiger partial charge in [0.05, 0.1) is 12.0 Å². The summed E-state index contributed by atoms with van der Waals surface area (Å²) < 4.78 is 27.6. The fourth-order valence-corrected chi connectivity index (χ4v) is 4.81. The number of furan rings is 1. The van der Waals surface area contributed by atoms with Crippen LogP contribution in [0.5, 0.6) is 5.75 Å². The lowest BCUT2D eigenvalue weighted by atomic mass is 10.2. The predicted molar refractivity (Wildman–Crippen MR) is 138 cm³/mol. The first kappa shape index (κ1) is 23.5. The summed E-state index contributed by atoms with van der Waals surface area (Å²) in [4.78, 5) is 13.3. The zero-order valence-corrected chi connectivity index (χ0v) is 20.4. The van der Waals surface area contributed by atoms with Crippen LogP contribution in [0, 0.1) is 5.82 Å². The van der Waals surface area contributed by atoms with Crippen LogP contribution in [-0.4, -0.2) is 82.9 Å². The fourth-order valence-electron chi connectivity index (χ4n) is 4.81. The van der Waals surface area contributed by atoms with Crippen LogP contribution in [0.25, 0.3) is 17.1 Å². The number of nitrogens with zero attached hydrogens (tertiary/aromatic N) is 6. The number of aromatic nitrogens is 4. The lowest BCUT2D eigenvalue weighted by Crippen LogP contribution is -2.48. The van der Waals surface area contributed by atoms with Gasteiger partial charge in [-0.15, -0.1) is 0 Å². The number of nitrogens with one attached hydrogen (secondary N) is 2. The largest absolute Gasteiger partial charge is 0.489 e. The smallest absolute Gasteiger partial charge is 0.228 e. The van der Waals surface area contributed by atoms with Crippen molar-refractivity contribution in [2.24, 2.45) is 0 Å². The second kappa shape index (κ2) is 10.2. The Balaban J connectivity index is 1.000. The average Bonchev–Trinajstić information content (AvgIpc) is 3.67. The molecule has 2 saturated heterocycles. The lowest BCUT2D eigenvalue weighted by molar-refractivity contribution is 0.222. The molecule has 0 aliphatic carbocycles. The van der Waals surface area contributed by atoms with Gasteiger partial charge in [0.25, 0.3) is 0 Å². The SMILES string of the molecule is Nc1nc(NCCN2CCN(c3ccc(OC4CCNC4)cc3F)CC2)nc2cc(-c3ccco3)nn12. The maximum absolute atomic E-state index is 14.8. The first-order valence-electron chi connectivity index (χ1n) is 12.6. The number of nitrogens with two attached hydrogens (primary N) is 1. The normalized spacial score (nSPS) is 18.5. The number of halogens is 1. The highest BCUT2D eigenvalue weighted by molar-refractivity contribution is 5.61. The number of ether oxygens (including phenoxy) is 1. The van der Waals surface area contributed by atoms with Crippen molar-refractivity contribution in [1.82, 2.24) is 29.8 Å². The van der Waals surface area contributed by atoms with Gasteiger partial charge in [-0.2, -0.15) is 19.6 Å². The number of rotatable bonds is 8. The highest BCUT2D eigenvalue weighted by Crippen LogP contribution is 2.26. The van der Waals surface area contributed by atoms with E-state index in [1.807, 2.05) is 24.3 Å². The van der Waals surface area contributed by atoms with Crippen LogP contribution in [0.4, 0.5) is 22.0 Å². The van der Waals surface area contributed by atoms with E-state index in [0.717, 1.165) is 52.2 Å². The van der Waals surface area contributed by atoms with Crippen molar-refractivity contribution in [1.29, 1.82) is 0 Å². The van der Waals surface area contributed by atoms with Crippen LogP contribution in [0.1, 0.15) is 6.42 Å². The van der Waals surface area contributed by atoms with Gasteiger partial charge in [-0.05, 0) is 37.2 Å². The third kappa shape index (κ3) is 5.16. The minimum atomic E-state index is -0.237. The number of benzene rings is 1. The predicted octanol–water partition coefficient (Wildman–Crippen LogP) is 2.08. The Morgan fingerprint density at radius 2 is 2.05 bits per heavy atom. The van der Waals surface area contributed by atoms with Crippen LogP contribution in [0.3, 0.4) is 0 Å². The van der Waals surface area contributed by atoms with Gasteiger partial charge in [-0.25, -0.2) is 4.39 Å². The van der Waals surface area contributed by atoms with E-state index in [9.17, 15) is 4.39 Å². The van der Waals surface area contributed by atoms with Crippen molar-refractivity contribution >= 4 is 23.2 Å². The number of nitrogen functional groups attached to an aromatic ring is 1. The number of hydrogen-bond donors (Lipinski definition) is 3. The molecule has 1 atom stereocenters. The molecule has 194 valence electrons. The van der Waals surface area contributed by atoms with E-state index < -0.39 is 0 Å². The second-order valence-electron chi connectivity index (χ2n) is 9.28. The van der Waals surface area contributed by atoms with Crippen molar-refractivity contribution in [3.05, 3.63) is 48.5 Å². The molecular formula is C25H30FN9O2. The molecule has 5 heterocycles. The Morgan fingerprint density at radius 3 is 2.81 bits per heavy atom. The Bertz CT molecular complexity index is 1350. The maximum Gasteiger partial charge on any atom is 0.228 e. The molecule has 2 aliphatic heterocycles. The van der Waals surface area contributed by atoms with Crippen LogP contribution in [-0.2, 0) is 0 Å². The summed E-state index contributed by atoms with van der Waals surface area (Å²) in [5, 5.41) is 10.9. The first-order chi connectivity index (χ1) is 18.1. The molecule has 4 aromatic rings. The molecule has 0 saturated carbocycles. The van der Waals surface area contributed by atoms with Crippen LogP contribution in [0.2, 0.25) is 0 Å². The van der Waals surface area contributed by atoms with Gasteiger partial charge >= 0.3 is 0 Å². The van der Waals surface area contributed by atoms with Crippen molar-refractivity contribution in [2.75, 3.05) is 68.3 Å². The number of piperazine rings is 1. The van der Waals surface area contributed by atoms with E-state index in [1.54, 1.807) is 12.3 Å². The van der Waals surface area contributed by atoms with E-state index >= 15 is 0 Å². The summed E-state index contributed by atoms with van der Waals surface area (Å²) in [5.41, 5.74) is 7.95. The average molecular weight is 508 g/mol. The topological polar surface area (TPSA) is 122 Å². The quantitative estimate of drug-likeness (QED) is 0.327. The molecule has 0 bridgehead atoms.